The van der Waals surface area contributed by atoms with Gasteiger partial charge in [0.05, 0.1) is 18.8 Å². The van der Waals surface area contributed by atoms with Gasteiger partial charge in [0, 0.05) is 29.9 Å². The Kier molecular flexibility index (Phi) is 8.90. The van der Waals surface area contributed by atoms with Crippen molar-refractivity contribution in [3.63, 3.8) is 0 Å². The summed E-state index contributed by atoms with van der Waals surface area (Å²) in [5, 5.41) is 20.7. The van der Waals surface area contributed by atoms with E-state index in [0.717, 1.165) is 43.3 Å². The number of hydrogen-bond donors (Lipinski definition) is 2. The van der Waals surface area contributed by atoms with Crippen LogP contribution in [-0.4, -0.2) is 41.4 Å². The summed E-state index contributed by atoms with van der Waals surface area (Å²) in [4.78, 5) is 11.1. The normalized spacial score (nSPS) is 41.3. The Morgan fingerprint density at radius 3 is 2.62 bits per heavy atom. The number of allylic oxidation sites excluding steroid dienone is 3. The molecule has 2 saturated heterocycles. The first kappa shape index (κ1) is 33.9. The molecule has 262 valence electrons. The number of aliphatic hydroxyl groups excluding tert-OH is 1. The van der Waals surface area contributed by atoms with Crippen LogP contribution in [0.15, 0.2) is 56.8 Å². The number of aromatic hydroxyl groups is 1. The van der Waals surface area contributed by atoms with E-state index in [0.29, 0.717) is 63.9 Å². The Hall–Kier alpha value is -2.61. The van der Waals surface area contributed by atoms with Gasteiger partial charge < -0.3 is 28.8 Å². The maximum absolute atomic E-state index is 11.1. The van der Waals surface area contributed by atoms with Crippen molar-refractivity contribution in [2.45, 2.75) is 117 Å². The molecule has 2 aliphatic heterocycles. The first-order chi connectivity index (χ1) is 22.8. The Morgan fingerprint density at radius 2 is 1.88 bits per heavy atom. The number of fused-ring (bicyclic) bond motifs is 8. The molecular formula is C41H56O7. The number of hydrogen-bond acceptors (Lipinski definition) is 7. The van der Waals surface area contributed by atoms with Gasteiger partial charge in [-0.3, -0.25) is 0 Å². The molecule has 4 aliphatic carbocycles. The predicted molar refractivity (Wildman–Crippen MR) is 187 cm³/mol. The molecule has 2 N–H and O–H groups in total. The second-order valence-corrected chi connectivity index (χ2v) is 16.9. The Labute approximate surface area is 285 Å². The minimum Gasteiger partial charge on any atom is -0.504 e. The lowest BCUT2D eigenvalue weighted by molar-refractivity contribution is -0.272. The van der Waals surface area contributed by atoms with Crippen LogP contribution in [0.5, 0.6) is 11.5 Å². The molecule has 7 nitrogen and oxygen atoms in total. The number of benzene rings is 1. The molecule has 1 aromatic carbocycles. The first-order valence-corrected chi connectivity index (χ1v) is 18.6. The van der Waals surface area contributed by atoms with E-state index >= 15 is 0 Å². The predicted octanol–water partition coefficient (Wildman–Crippen LogP) is 8.56. The van der Waals surface area contributed by atoms with Crippen molar-refractivity contribution in [1.82, 2.24) is 0 Å². The van der Waals surface area contributed by atoms with Gasteiger partial charge >= 0.3 is 5.63 Å². The average molecular weight is 661 g/mol. The molecule has 7 heteroatoms. The fraction of sp³-hybridized carbons (Fsp3) is 0.683. The maximum atomic E-state index is 11.1. The van der Waals surface area contributed by atoms with Crippen LogP contribution in [0, 0.1) is 46.3 Å². The van der Waals surface area contributed by atoms with Crippen molar-refractivity contribution in [3.8, 4) is 11.5 Å². The monoisotopic (exact) mass is 660 g/mol. The number of aliphatic hydroxyl groups is 1. The Morgan fingerprint density at radius 1 is 1.06 bits per heavy atom. The molecule has 8 rings (SSSR count). The molecule has 3 saturated carbocycles. The number of phenolic OH excluding ortho intramolecular Hbond substituents is 1. The van der Waals surface area contributed by atoms with E-state index < -0.39 is 5.63 Å². The van der Waals surface area contributed by atoms with E-state index in [1.807, 2.05) is 19.9 Å². The first-order valence-electron chi connectivity index (χ1n) is 18.6. The quantitative estimate of drug-likeness (QED) is 0.251. The molecule has 11 unspecified atom stereocenters. The lowest BCUT2D eigenvalue weighted by Crippen LogP contribution is -2.50. The molecule has 1 spiro atoms. The largest absolute Gasteiger partial charge is 0.504 e. The molecule has 6 aliphatic rings. The minimum absolute atomic E-state index is 0.0264. The lowest BCUT2D eigenvalue weighted by Gasteiger charge is -2.57. The summed E-state index contributed by atoms with van der Waals surface area (Å²) >= 11 is 0. The summed E-state index contributed by atoms with van der Waals surface area (Å²) < 4.78 is 23.8. The van der Waals surface area contributed by atoms with Crippen molar-refractivity contribution >= 4 is 11.0 Å². The fourth-order valence-electron chi connectivity index (χ4n) is 11.0. The third kappa shape index (κ3) is 5.76. The SMILES string of the molecule is CC(C)=CCOc1cc2oc(=O)ccc2cc1O.CC1CCC2(OC1)OC1CC3C4CCC5CC(O)CCC5(C)C4=CCC3(C)C1C2C. The van der Waals surface area contributed by atoms with Gasteiger partial charge in [0.2, 0.25) is 0 Å². The van der Waals surface area contributed by atoms with E-state index in [1.165, 1.54) is 56.7 Å². The summed E-state index contributed by atoms with van der Waals surface area (Å²) in [5.74, 6) is 4.01. The standard InChI is InChI=1S/C27H42O3.C14H14O4/c1-16-7-12-27(29-15-16)17(2)24-23(30-27)14-22-20-6-5-18-13-19(28)8-10-25(18,3)21(20)9-11-26(22,24)4;1-9(2)5-6-17-13-8-12-10(7-11(13)15)3-4-14(16)18-12/h9,16-20,22-24,28H,5-8,10-15H2,1-4H3;3-5,7-8,15H,6H2,1-2H3. The molecule has 1 aromatic heterocycles. The molecule has 0 amide bonds. The second-order valence-electron chi connectivity index (χ2n) is 16.9. The van der Waals surface area contributed by atoms with Crippen LogP contribution in [0.4, 0.5) is 0 Å². The molecule has 5 fully saturated rings. The minimum atomic E-state index is -0.427. The number of phenols is 1. The van der Waals surface area contributed by atoms with Crippen LogP contribution in [0.25, 0.3) is 11.0 Å². The highest BCUT2D eigenvalue weighted by Gasteiger charge is 2.67. The highest BCUT2D eigenvalue weighted by Crippen LogP contribution is 2.69. The average Bonchev–Trinajstić information content (AvgIpc) is 3.49. The second kappa shape index (κ2) is 12.6. The molecule has 48 heavy (non-hydrogen) atoms. The van der Waals surface area contributed by atoms with Crippen LogP contribution in [0.3, 0.4) is 0 Å². The lowest BCUT2D eigenvalue weighted by atomic mass is 9.48. The van der Waals surface area contributed by atoms with Crippen molar-refractivity contribution in [1.29, 1.82) is 0 Å². The third-order valence-corrected chi connectivity index (χ3v) is 13.7. The molecular weight excluding hydrogens is 604 g/mol. The fourth-order valence-corrected chi connectivity index (χ4v) is 11.0. The molecule has 0 radical (unpaired) electrons. The van der Waals surface area contributed by atoms with E-state index in [9.17, 15) is 15.0 Å². The van der Waals surface area contributed by atoms with Crippen LogP contribution < -0.4 is 10.4 Å². The van der Waals surface area contributed by atoms with E-state index in [1.54, 1.807) is 11.6 Å². The molecule has 2 aromatic rings. The summed E-state index contributed by atoms with van der Waals surface area (Å²) in [6.07, 6.45) is 15.5. The molecule has 11 atom stereocenters. The van der Waals surface area contributed by atoms with Crippen molar-refractivity contribution in [3.05, 3.63) is 58.0 Å². The van der Waals surface area contributed by atoms with Crippen molar-refractivity contribution in [2.24, 2.45) is 46.3 Å². The Bertz CT molecular complexity index is 1630. The van der Waals surface area contributed by atoms with E-state index in [-0.39, 0.29) is 17.6 Å². The van der Waals surface area contributed by atoms with Gasteiger partial charge in [-0.15, -0.1) is 0 Å². The van der Waals surface area contributed by atoms with Gasteiger partial charge in [-0.2, -0.15) is 0 Å². The van der Waals surface area contributed by atoms with Crippen molar-refractivity contribution in [2.75, 3.05) is 13.2 Å². The highest BCUT2D eigenvalue weighted by molar-refractivity contribution is 5.80. The van der Waals surface area contributed by atoms with Crippen molar-refractivity contribution < 1.29 is 28.8 Å². The van der Waals surface area contributed by atoms with Crippen LogP contribution in [0.1, 0.15) is 99.3 Å². The summed E-state index contributed by atoms with van der Waals surface area (Å²) in [6.45, 7) is 15.0. The van der Waals surface area contributed by atoms with Gasteiger partial charge in [-0.1, -0.05) is 44.9 Å². The van der Waals surface area contributed by atoms with Gasteiger partial charge in [0.1, 0.15) is 12.2 Å². The smallest absolute Gasteiger partial charge is 0.336 e. The van der Waals surface area contributed by atoms with Gasteiger partial charge in [-0.05, 0) is 124 Å². The highest BCUT2D eigenvalue weighted by atomic mass is 16.7. The summed E-state index contributed by atoms with van der Waals surface area (Å²) in [5.41, 5.74) is 3.55. The zero-order chi connectivity index (χ0) is 34.0. The number of ether oxygens (including phenoxy) is 3. The van der Waals surface area contributed by atoms with E-state index in [2.05, 4.69) is 33.8 Å². The van der Waals surface area contributed by atoms with Crippen LogP contribution >= 0.6 is 0 Å². The summed E-state index contributed by atoms with van der Waals surface area (Å²) in [6, 6.07) is 5.94. The number of rotatable bonds is 3. The van der Waals surface area contributed by atoms with Crippen LogP contribution in [0.2, 0.25) is 0 Å². The zero-order valence-corrected chi connectivity index (χ0v) is 29.8. The molecule has 0 bridgehead atoms. The van der Waals surface area contributed by atoms with Gasteiger partial charge in [0.25, 0.3) is 0 Å². The van der Waals surface area contributed by atoms with E-state index in [4.69, 9.17) is 18.6 Å². The summed E-state index contributed by atoms with van der Waals surface area (Å²) in [7, 11) is 0. The van der Waals surface area contributed by atoms with Crippen LogP contribution in [-0.2, 0) is 9.47 Å². The third-order valence-electron chi connectivity index (χ3n) is 13.7. The topological polar surface area (TPSA) is 98.4 Å². The zero-order valence-electron chi connectivity index (χ0n) is 29.8. The van der Waals surface area contributed by atoms with Gasteiger partial charge in [-0.25, -0.2) is 4.79 Å². The van der Waals surface area contributed by atoms with Gasteiger partial charge in [0.15, 0.2) is 17.3 Å². The molecule has 3 heterocycles. The Balaban J connectivity index is 0.000000174. The maximum Gasteiger partial charge on any atom is 0.336 e.